The summed E-state index contributed by atoms with van der Waals surface area (Å²) in [5, 5.41) is 3.74. The Bertz CT molecular complexity index is 752. The van der Waals surface area contributed by atoms with E-state index in [0.717, 1.165) is 32.5 Å². The van der Waals surface area contributed by atoms with Gasteiger partial charge in [0.2, 0.25) is 0 Å². The van der Waals surface area contributed by atoms with Crippen molar-refractivity contribution in [3.8, 4) is 0 Å². The van der Waals surface area contributed by atoms with Crippen LogP contribution < -0.4 is 5.32 Å². The van der Waals surface area contributed by atoms with Crippen LogP contribution in [-0.4, -0.2) is 52.5 Å². The fraction of sp³-hybridized carbons (Fsp3) is 0.529. The Labute approximate surface area is 138 Å². The van der Waals surface area contributed by atoms with E-state index in [4.69, 9.17) is 0 Å². The van der Waals surface area contributed by atoms with Gasteiger partial charge in [-0.1, -0.05) is 0 Å². The third-order valence-electron chi connectivity index (χ3n) is 5.19. The summed E-state index contributed by atoms with van der Waals surface area (Å²) >= 11 is 0. The van der Waals surface area contributed by atoms with Crippen LogP contribution in [0.1, 0.15) is 23.2 Å². The van der Waals surface area contributed by atoms with E-state index in [1.54, 1.807) is 18.3 Å². The zero-order valence-corrected chi connectivity index (χ0v) is 13.3. The zero-order chi connectivity index (χ0) is 16.7. The van der Waals surface area contributed by atoms with Crippen molar-refractivity contribution in [2.75, 3.05) is 19.6 Å². The zero-order valence-electron chi connectivity index (χ0n) is 13.3. The molecule has 5 rings (SSSR count). The van der Waals surface area contributed by atoms with Crippen LogP contribution in [0.2, 0.25) is 0 Å². The number of carbonyl (C=O) groups excluding carboxylic acids is 1. The van der Waals surface area contributed by atoms with Gasteiger partial charge in [0.15, 0.2) is 0 Å². The lowest BCUT2D eigenvalue weighted by molar-refractivity contribution is 0.0621. The second-order valence-electron chi connectivity index (χ2n) is 6.68. The van der Waals surface area contributed by atoms with Crippen LogP contribution in [0.5, 0.6) is 0 Å². The quantitative estimate of drug-likeness (QED) is 0.932. The lowest BCUT2D eigenvalue weighted by atomic mass is 9.84. The maximum Gasteiger partial charge on any atom is 0.256 e. The standard InChI is InChI=1S/C17H20F2N4O/c18-15(19)10-23-8-13(12-2-1-5-20-16(12)23)17(24)21-14-9-22-6-3-11(14)4-7-22/h1-2,5,8,11,14-15H,3-4,6-7,9-10H2,(H,21,24). The normalized spacial score (nSPS) is 26.2. The fourth-order valence-corrected chi connectivity index (χ4v) is 3.97. The first kappa shape index (κ1) is 15.5. The summed E-state index contributed by atoms with van der Waals surface area (Å²) in [6.07, 6.45) is 2.79. The highest BCUT2D eigenvalue weighted by Gasteiger charge is 2.35. The highest BCUT2D eigenvalue weighted by atomic mass is 19.3. The molecule has 1 unspecified atom stereocenters. The first-order chi connectivity index (χ1) is 11.6. The highest BCUT2D eigenvalue weighted by molar-refractivity contribution is 6.06. The molecule has 2 aromatic rings. The molecule has 2 aromatic heterocycles. The molecule has 3 saturated heterocycles. The van der Waals surface area contributed by atoms with Gasteiger partial charge in [0.1, 0.15) is 5.65 Å². The van der Waals surface area contributed by atoms with E-state index in [1.807, 2.05) is 0 Å². The van der Waals surface area contributed by atoms with Crippen molar-refractivity contribution >= 4 is 16.9 Å². The number of amides is 1. The molecule has 5 heterocycles. The number of nitrogens with one attached hydrogen (secondary N) is 1. The van der Waals surface area contributed by atoms with Crippen molar-refractivity contribution in [3.63, 3.8) is 0 Å². The van der Waals surface area contributed by atoms with Crippen LogP contribution in [0.15, 0.2) is 24.5 Å². The Hall–Kier alpha value is -2.02. The molecular weight excluding hydrogens is 314 g/mol. The topological polar surface area (TPSA) is 50.2 Å². The number of hydrogen-bond donors (Lipinski definition) is 1. The Morgan fingerprint density at radius 2 is 2.17 bits per heavy atom. The number of hydrogen-bond acceptors (Lipinski definition) is 3. The third-order valence-corrected chi connectivity index (χ3v) is 5.19. The number of pyridine rings is 1. The molecule has 5 nitrogen and oxygen atoms in total. The number of alkyl halides is 2. The smallest absolute Gasteiger partial charge is 0.256 e. The first-order valence-electron chi connectivity index (χ1n) is 8.37. The number of rotatable bonds is 4. The maximum absolute atomic E-state index is 12.8. The van der Waals surface area contributed by atoms with E-state index in [0.29, 0.717) is 22.5 Å². The number of halogens is 2. The molecule has 2 bridgehead atoms. The molecule has 3 fully saturated rings. The maximum atomic E-state index is 12.8. The van der Waals surface area contributed by atoms with Crippen molar-refractivity contribution in [2.45, 2.75) is 31.9 Å². The van der Waals surface area contributed by atoms with Gasteiger partial charge in [-0.15, -0.1) is 0 Å². The summed E-state index contributed by atoms with van der Waals surface area (Å²) in [4.78, 5) is 19.3. The summed E-state index contributed by atoms with van der Waals surface area (Å²) in [7, 11) is 0. The molecule has 24 heavy (non-hydrogen) atoms. The number of piperidine rings is 3. The number of aromatic nitrogens is 2. The molecule has 0 spiro atoms. The van der Waals surface area contributed by atoms with Crippen LogP contribution in [0.25, 0.3) is 11.0 Å². The van der Waals surface area contributed by atoms with Crippen LogP contribution in [-0.2, 0) is 6.54 Å². The van der Waals surface area contributed by atoms with Crippen molar-refractivity contribution in [2.24, 2.45) is 5.92 Å². The van der Waals surface area contributed by atoms with Gasteiger partial charge in [-0.05, 0) is 44.0 Å². The average Bonchev–Trinajstić information content (AvgIpc) is 2.94. The summed E-state index contributed by atoms with van der Waals surface area (Å²) in [6, 6.07) is 3.63. The Morgan fingerprint density at radius 3 is 2.83 bits per heavy atom. The van der Waals surface area contributed by atoms with Crippen LogP contribution in [0.4, 0.5) is 8.78 Å². The predicted octanol–water partition coefficient (Wildman–Crippen LogP) is 2.13. The van der Waals surface area contributed by atoms with Crippen LogP contribution in [0, 0.1) is 5.92 Å². The molecule has 1 amide bonds. The Morgan fingerprint density at radius 1 is 1.38 bits per heavy atom. The summed E-state index contributed by atoms with van der Waals surface area (Å²) < 4.78 is 26.9. The van der Waals surface area contributed by atoms with Crippen molar-refractivity contribution in [1.82, 2.24) is 19.8 Å². The molecular formula is C17H20F2N4O. The molecule has 7 heteroatoms. The minimum Gasteiger partial charge on any atom is -0.348 e. The van der Waals surface area contributed by atoms with Crippen molar-refractivity contribution < 1.29 is 13.6 Å². The van der Waals surface area contributed by atoms with Crippen molar-refractivity contribution in [1.29, 1.82) is 0 Å². The summed E-state index contributed by atoms with van der Waals surface area (Å²) in [5.74, 6) is 0.325. The third kappa shape index (κ3) is 2.77. The van der Waals surface area contributed by atoms with Crippen molar-refractivity contribution in [3.05, 3.63) is 30.1 Å². The summed E-state index contributed by atoms with van der Waals surface area (Å²) in [5.41, 5.74) is 0.854. The van der Waals surface area contributed by atoms with Gasteiger partial charge in [-0.3, -0.25) is 4.79 Å². The average molecular weight is 334 g/mol. The molecule has 0 radical (unpaired) electrons. The summed E-state index contributed by atoms with van der Waals surface area (Å²) in [6.45, 7) is 2.63. The first-order valence-corrected chi connectivity index (χ1v) is 8.37. The minimum absolute atomic E-state index is 0.144. The minimum atomic E-state index is -2.49. The fourth-order valence-electron chi connectivity index (χ4n) is 3.97. The van der Waals surface area contributed by atoms with Gasteiger partial charge in [0.25, 0.3) is 12.3 Å². The molecule has 0 aromatic carbocycles. The largest absolute Gasteiger partial charge is 0.348 e. The van der Waals surface area contributed by atoms with Gasteiger partial charge >= 0.3 is 0 Å². The van der Waals surface area contributed by atoms with E-state index in [2.05, 4.69) is 15.2 Å². The second-order valence-corrected chi connectivity index (χ2v) is 6.68. The van der Waals surface area contributed by atoms with Crippen LogP contribution >= 0.6 is 0 Å². The van der Waals surface area contributed by atoms with Gasteiger partial charge in [-0.2, -0.15) is 0 Å². The van der Waals surface area contributed by atoms with E-state index >= 15 is 0 Å². The molecule has 0 saturated carbocycles. The molecule has 3 aliphatic rings. The molecule has 3 aliphatic heterocycles. The SMILES string of the molecule is O=C(NC1CN2CCC1CC2)c1cn(CC(F)F)c2ncccc12. The van der Waals surface area contributed by atoms with E-state index in [9.17, 15) is 13.6 Å². The monoisotopic (exact) mass is 334 g/mol. The van der Waals surface area contributed by atoms with Gasteiger partial charge in [-0.25, -0.2) is 13.8 Å². The lowest BCUT2D eigenvalue weighted by Crippen LogP contribution is -2.57. The second kappa shape index (κ2) is 6.12. The van der Waals surface area contributed by atoms with Gasteiger partial charge < -0.3 is 14.8 Å². The van der Waals surface area contributed by atoms with Gasteiger partial charge in [0, 0.05) is 30.4 Å². The highest BCUT2D eigenvalue weighted by Crippen LogP contribution is 2.28. The van der Waals surface area contributed by atoms with Gasteiger partial charge in [0.05, 0.1) is 12.1 Å². The lowest BCUT2D eigenvalue weighted by Gasteiger charge is -2.44. The number of carbonyl (C=O) groups is 1. The Balaban J connectivity index is 1.60. The van der Waals surface area contributed by atoms with Crippen LogP contribution in [0.3, 0.4) is 0 Å². The molecule has 128 valence electrons. The molecule has 1 atom stereocenters. The molecule has 0 aliphatic carbocycles. The predicted molar refractivity (Wildman–Crippen MR) is 86.2 cm³/mol. The van der Waals surface area contributed by atoms with E-state index in [-0.39, 0.29) is 11.9 Å². The van der Waals surface area contributed by atoms with E-state index in [1.165, 1.54) is 10.8 Å². The number of fused-ring (bicyclic) bond motifs is 4. The Kier molecular flexibility index (Phi) is 3.96. The van der Waals surface area contributed by atoms with E-state index < -0.39 is 13.0 Å². The number of nitrogens with zero attached hydrogens (tertiary/aromatic N) is 3. The molecule has 1 N–H and O–H groups in total.